The molecule has 2 rings (SSSR count). The molecule has 0 bridgehead atoms. The molecule has 0 atom stereocenters. The Hall–Kier alpha value is -1.48. The summed E-state index contributed by atoms with van der Waals surface area (Å²) in [6, 6.07) is 5.24. The van der Waals surface area contributed by atoms with Gasteiger partial charge in [-0.15, -0.1) is 0 Å². The summed E-state index contributed by atoms with van der Waals surface area (Å²) in [5.41, 5.74) is 1.29. The molecule has 3 nitrogen and oxygen atoms in total. The minimum atomic E-state index is -0.880. The fourth-order valence-corrected chi connectivity index (χ4v) is 1.69. The van der Waals surface area contributed by atoms with Crippen molar-refractivity contribution in [1.29, 1.82) is 0 Å². The molecule has 0 spiro atoms. The first kappa shape index (κ1) is 9.09. The van der Waals surface area contributed by atoms with Crippen LogP contribution < -0.4 is 0 Å². The normalized spacial score (nSPS) is 10.6. The number of benzene rings is 1. The predicted molar refractivity (Wildman–Crippen MR) is 52.6 cm³/mol. The zero-order chi connectivity index (χ0) is 10.1. The number of fused-ring (bicyclic) bond motifs is 1. The molecule has 0 aliphatic heterocycles. The quantitative estimate of drug-likeness (QED) is 0.829. The van der Waals surface area contributed by atoms with Crippen LogP contribution in [0.1, 0.15) is 5.56 Å². The van der Waals surface area contributed by atoms with Gasteiger partial charge < -0.3 is 9.52 Å². The molecule has 1 heterocycles. The van der Waals surface area contributed by atoms with Gasteiger partial charge in [0.2, 0.25) is 0 Å². The molecule has 0 amide bonds. The maximum absolute atomic E-state index is 10.6. The highest BCUT2D eigenvalue weighted by molar-refractivity contribution is 6.35. The average Bonchev–Trinajstić information content (AvgIpc) is 2.48. The third-order valence-corrected chi connectivity index (χ3v) is 2.26. The van der Waals surface area contributed by atoms with Crippen LogP contribution in [-0.4, -0.2) is 11.1 Å². The van der Waals surface area contributed by atoms with E-state index in [4.69, 9.17) is 21.1 Å². The van der Waals surface area contributed by atoms with Gasteiger partial charge in [-0.25, -0.2) is 0 Å². The fourth-order valence-electron chi connectivity index (χ4n) is 1.43. The number of aliphatic carboxylic acids is 1. The van der Waals surface area contributed by atoms with Crippen molar-refractivity contribution >= 4 is 28.5 Å². The van der Waals surface area contributed by atoms with Crippen LogP contribution in [0.5, 0.6) is 0 Å². The van der Waals surface area contributed by atoms with Crippen molar-refractivity contribution < 1.29 is 14.3 Å². The van der Waals surface area contributed by atoms with Crippen LogP contribution in [0, 0.1) is 0 Å². The standard InChI is InChI=1S/C10H7ClO3/c11-7-5-14-8-3-1-2-6(10(7)8)4-9(12)13/h1-3,5H,4H2,(H,12,13). The third-order valence-electron chi connectivity index (χ3n) is 1.98. The van der Waals surface area contributed by atoms with E-state index in [0.717, 1.165) is 0 Å². The number of carbonyl (C=O) groups is 1. The van der Waals surface area contributed by atoms with Crippen LogP contribution >= 0.6 is 11.6 Å². The van der Waals surface area contributed by atoms with Crippen LogP contribution in [0.2, 0.25) is 5.02 Å². The average molecular weight is 211 g/mol. The van der Waals surface area contributed by atoms with Crippen molar-refractivity contribution in [2.75, 3.05) is 0 Å². The molecule has 0 aliphatic carbocycles. The zero-order valence-corrected chi connectivity index (χ0v) is 7.91. The monoisotopic (exact) mass is 210 g/mol. The summed E-state index contributed by atoms with van der Waals surface area (Å²) in [5, 5.41) is 9.83. The highest BCUT2D eigenvalue weighted by Gasteiger charge is 2.10. The SMILES string of the molecule is O=C(O)Cc1cccc2occ(Cl)c12. The zero-order valence-electron chi connectivity index (χ0n) is 7.16. The number of carboxylic acid groups (broad SMARTS) is 1. The number of rotatable bonds is 2. The Labute approximate surface area is 84.9 Å². The Morgan fingerprint density at radius 2 is 2.29 bits per heavy atom. The predicted octanol–water partition coefficient (Wildman–Crippen LogP) is 2.71. The summed E-state index contributed by atoms with van der Waals surface area (Å²) in [5.74, 6) is -0.880. The Morgan fingerprint density at radius 1 is 1.50 bits per heavy atom. The highest BCUT2D eigenvalue weighted by atomic mass is 35.5. The van der Waals surface area contributed by atoms with Gasteiger partial charge in [-0.1, -0.05) is 23.7 Å². The van der Waals surface area contributed by atoms with E-state index in [1.807, 2.05) is 0 Å². The number of hydrogen-bond donors (Lipinski definition) is 1. The summed E-state index contributed by atoms with van der Waals surface area (Å²) in [7, 11) is 0. The van der Waals surface area contributed by atoms with Crippen molar-refractivity contribution in [1.82, 2.24) is 0 Å². The van der Waals surface area contributed by atoms with Gasteiger partial charge in [0.25, 0.3) is 0 Å². The molecule has 72 valence electrons. The van der Waals surface area contributed by atoms with Crippen molar-refractivity contribution in [3.8, 4) is 0 Å². The Balaban J connectivity index is 2.63. The fraction of sp³-hybridized carbons (Fsp3) is 0.100. The maximum atomic E-state index is 10.6. The van der Waals surface area contributed by atoms with E-state index >= 15 is 0 Å². The third kappa shape index (κ3) is 1.46. The van der Waals surface area contributed by atoms with Crippen LogP contribution in [0.25, 0.3) is 11.0 Å². The molecule has 0 unspecified atom stereocenters. The van der Waals surface area contributed by atoms with Crippen molar-refractivity contribution in [3.05, 3.63) is 35.0 Å². The Kier molecular flexibility index (Phi) is 2.17. The lowest BCUT2D eigenvalue weighted by Gasteiger charge is -1.98. The van der Waals surface area contributed by atoms with E-state index < -0.39 is 5.97 Å². The molecule has 1 N–H and O–H groups in total. The molecule has 2 aromatic rings. The van der Waals surface area contributed by atoms with Crippen LogP contribution in [0.3, 0.4) is 0 Å². The van der Waals surface area contributed by atoms with E-state index in [1.165, 1.54) is 6.26 Å². The molecule has 1 aromatic carbocycles. The van der Waals surface area contributed by atoms with Gasteiger partial charge in [0.1, 0.15) is 11.8 Å². The first-order chi connectivity index (χ1) is 6.68. The second kappa shape index (κ2) is 3.35. The summed E-state index contributed by atoms with van der Waals surface area (Å²) in [6.45, 7) is 0. The molecule has 0 aliphatic rings. The number of carboxylic acids is 1. The van der Waals surface area contributed by atoms with E-state index in [9.17, 15) is 4.79 Å². The number of furan rings is 1. The number of hydrogen-bond acceptors (Lipinski definition) is 2. The Morgan fingerprint density at radius 3 is 3.00 bits per heavy atom. The molecule has 14 heavy (non-hydrogen) atoms. The lowest BCUT2D eigenvalue weighted by Crippen LogP contribution is -1.99. The van der Waals surface area contributed by atoms with Crippen LogP contribution in [0.15, 0.2) is 28.9 Å². The van der Waals surface area contributed by atoms with Gasteiger partial charge in [-0.05, 0) is 11.6 Å². The second-order valence-corrected chi connectivity index (χ2v) is 3.35. The van der Waals surface area contributed by atoms with Crippen molar-refractivity contribution in [2.45, 2.75) is 6.42 Å². The van der Waals surface area contributed by atoms with Gasteiger partial charge >= 0.3 is 5.97 Å². The van der Waals surface area contributed by atoms with Crippen LogP contribution in [-0.2, 0) is 11.2 Å². The minimum Gasteiger partial charge on any atom is -0.481 e. The van der Waals surface area contributed by atoms with E-state index in [0.29, 0.717) is 21.6 Å². The van der Waals surface area contributed by atoms with Gasteiger partial charge in [0.05, 0.1) is 11.4 Å². The number of halogens is 1. The van der Waals surface area contributed by atoms with Gasteiger partial charge in [0.15, 0.2) is 0 Å². The smallest absolute Gasteiger partial charge is 0.307 e. The Bertz CT molecular complexity index is 487. The van der Waals surface area contributed by atoms with E-state index in [1.54, 1.807) is 18.2 Å². The molecule has 0 radical (unpaired) electrons. The van der Waals surface area contributed by atoms with Crippen LogP contribution in [0.4, 0.5) is 0 Å². The highest BCUT2D eigenvalue weighted by Crippen LogP contribution is 2.28. The lowest BCUT2D eigenvalue weighted by molar-refractivity contribution is -0.136. The molecule has 1 aromatic heterocycles. The second-order valence-electron chi connectivity index (χ2n) is 2.94. The maximum Gasteiger partial charge on any atom is 0.307 e. The van der Waals surface area contributed by atoms with Gasteiger partial charge in [0, 0.05) is 5.39 Å². The van der Waals surface area contributed by atoms with E-state index in [-0.39, 0.29) is 6.42 Å². The summed E-state index contributed by atoms with van der Waals surface area (Å²) in [6.07, 6.45) is 1.37. The topological polar surface area (TPSA) is 50.4 Å². The van der Waals surface area contributed by atoms with Gasteiger partial charge in [-0.3, -0.25) is 4.79 Å². The minimum absolute atomic E-state index is 0.0450. The van der Waals surface area contributed by atoms with E-state index in [2.05, 4.69) is 0 Å². The summed E-state index contributed by atoms with van der Waals surface area (Å²) in [4.78, 5) is 10.6. The largest absolute Gasteiger partial charge is 0.481 e. The van der Waals surface area contributed by atoms with Crippen molar-refractivity contribution in [3.63, 3.8) is 0 Å². The first-order valence-electron chi connectivity index (χ1n) is 4.05. The van der Waals surface area contributed by atoms with Crippen molar-refractivity contribution in [2.24, 2.45) is 0 Å². The first-order valence-corrected chi connectivity index (χ1v) is 4.42. The lowest BCUT2D eigenvalue weighted by atomic mass is 10.1. The molecule has 0 fully saturated rings. The molecule has 4 heteroatoms. The molecule has 0 saturated carbocycles. The molecular weight excluding hydrogens is 204 g/mol. The molecular formula is C10H7ClO3. The summed E-state index contributed by atoms with van der Waals surface area (Å²) >= 11 is 5.87. The summed E-state index contributed by atoms with van der Waals surface area (Å²) < 4.78 is 5.15. The molecule has 0 saturated heterocycles. The van der Waals surface area contributed by atoms with Gasteiger partial charge in [-0.2, -0.15) is 0 Å².